The van der Waals surface area contributed by atoms with Crippen molar-refractivity contribution in [1.29, 1.82) is 0 Å². The Morgan fingerprint density at radius 2 is 1.71 bits per heavy atom. The van der Waals surface area contributed by atoms with Gasteiger partial charge in [-0.05, 0) is 36.4 Å². The Morgan fingerprint density at radius 1 is 1.00 bits per heavy atom. The van der Waals surface area contributed by atoms with Gasteiger partial charge in [0.1, 0.15) is 6.61 Å². The predicted molar refractivity (Wildman–Crippen MR) is 87.4 cm³/mol. The largest absolute Gasteiger partial charge is 0.460 e. The zero-order valence-corrected chi connectivity index (χ0v) is 12.7. The maximum Gasteiger partial charge on any atom is 0.338 e. The standard InChI is InChI=1S/C17H15N3O4/c18-11-6-4-10(5-7-11)17(23)24-9-8-20-15(21)12-2-1-3-13(19)14(12)16(20)22/h1-7H,8-9,18-19H2. The van der Waals surface area contributed by atoms with Crippen LogP contribution in [0.15, 0.2) is 42.5 Å². The molecule has 0 saturated carbocycles. The quantitative estimate of drug-likeness (QED) is 0.497. The summed E-state index contributed by atoms with van der Waals surface area (Å²) in [7, 11) is 0. The zero-order valence-electron chi connectivity index (χ0n) is 12.7. The molecule has 0 spiro atoms. The Labute approximate surface area is 137 Å². The van der Waals surface area contributed by atoms with Gasteiger partial charge in [0.15, 0.2) is 0 Å². The molecule has 2 aromatic rings. The van der Waals surface area contributed by atoms with E-state index in [0.29, 0.717) is 11.3 Å². The minimum atomic E-state index is -0.550. The summed E-state index contributed by atoms with van der Waals surface area (Å²) >= 11 is 0. The van der Waals surface area contributed by atoms with E-state index in [1.54, 1.807) is 42.5 Å². The number of nitrogen functional groups attached to an aromatic ring is 2. The Balaban J connectivity index is 1.63. The van der Waals surface area contributed by atoms with Crippen molar-refractivity contribution >= 4 is 29.2 Å². The van der Waals surface area contributed by atoms with E-state index in [9.17, 15) is 14.4 Å². The molecule has 7 heteroatoms. The number of nitrogens with two attached hydrogens (primary N) is 2. The van der Waals surface area contributed by atoms with Crippen LogP contribution in [0.2, 0.25) is 0 Å². The molecule has 24 heavy (non-hydrogen) atoms. The molecule has 1 aliphatic heterocycles. The minimum Gasteiger partial charge on any atom is -0.460 e. The molecule has 1 heterocycles. The average Bonchev–Trinajstić information content (AvgIpc) is 2.81. The van der Waals surface area contributed by atoms with Crippen LogP contribution in [0.1, 0.15) is 31.1 Å². The summed E-state index contributed by atoms with van der Waals surface area (Å²) in [6.45, 7) is -0.138. The highest BCUT2D eigenvalue weighted by Crippen LogP contribution is 2.27. The third kappa shape index (κ3) is 2.67. The number of imide groups is 1. The second-order valence-corrected chi connectivity index (χ2v) is 5.29. The molecule has 7 nitrogen and oxygen atoms in total. The van der Waals surface area contributed by atoms with Gasteiger partial charge in [-0.1, -0.05) is 6.07 Å². The van der Waals surface area contributed by atoms with Gasteiger partial charge in [0.25, 0.3) is 11.8 Å². The third-order valence-electron chi connectivity index (χ3n) is 3.73. The molecule has 122 valence electrons. The van der Waals surface area contributed by atoms with Gasteiger partial charge in [0.05, 0.1) is 23.2 Å². The van der Waals surface area contributed by atoms with Crippen LogP contribution in [0, 0.1) is 0 Å². The first-order valence-corrected chi connectivity index (χ1v) is 7.26. The van der Waals surface area contributed by atoms with Crippen molar-refractivity contribution in [3.05, 3.63) is 59.2 Å². The van der Waals surface area contributed by atoms with Crippen molar-refractivity contribution in [2.75, 3.05) is 24.6 Å². The fraction of sp³-hybridized carbons (Fsp3) is 0.118. The Morgan fingerprint density at radius 3 is 2.38 bits per heavy atom. The van der Waals surface area contributed by atoms with E-state index in [1.807, 2.05) is 0 Å². The van der Waals surface area contributed by atoms with Gasteiger partial charge in [-0.2, -0.15) is 0 Å². The van der Waals surface area contributed by atoms with Crippen LogP contribution >= 0.6 is 0 Å². The predicted octanol–water partition coefficient (Wildman–Crippen LogP) is 1.30. The van der Waals surface area contributed by atoms with Gasteiger partial charge in [-0.15, -0.1) is 0 Å². The number of nitrogens with zero attached hydrogens (tertiary/aromatic N) is 1. The lowest BCUT2D eigenvalue weighted by atomic mass is 10.1. The van der Waals surface area contributed by atoms with Crippen LogP contribution < -0.4 is 11.5 Å². The first-order valence-electron chi connectivity index (χ1n) is 7.26. The highest BCUT2D eigenvalue weighted by atomic mass is 16.5. The van der Waals surface area contributed by atoms with Gasteiger partial charge in [0.2, 0.25) is 0 Å². The summed E-state index contributed by atoms with van der Waals surface area (Å²) in [4.78, 5) is 37.4. The Kier molecular flexibility index (Phi) is 3.91. The SMILES string of the molecule is Nc1ccc(C(=O)OCCN2C(=O)c3cccc(N)c3C2=O)cc1. The molecule has 0 aliphatic carbocycles. The second kappa shape index (κ2) is 6.04. The van der Waals surface area contributed by atoms with E-state index in [2.05, 4.69) is 0 Å². The first kappa shape index (κ1) is 15.5. The van der Waals surface area contributed by atoms with Crippen molar-refractivity contribution in [3.63, 3.8) is 0 Å². The molecule has 2 amide bonds. The van der Waals surface area contributed by atoms with Gasteiger partial charge >= 0.3 is 5.97 Å². The number of esters is 1. The van der Waals surface area contributed by atoms with E-state index in [0.717, 1.165) is 4.90 Å². The molecule has 4 N–H and O–H groups in total. The number of carbonyl (C=O) groups is 3. The summed E-state index contributed by atoms with van der Waals surface area (Å²) in [6, 6.07) is 11.0. The lowest BCUT2D eigenvalue weighted by molar-refractivity contribution is 0.0420. The Hall–Kier alpha value is -3.35. The summed E-state index contributed by atoms with van der Waals surface area (Å²) in [5.74, 6) is -1.46. The zero-order chi connectivity index (χ0) is 17.3. The highest BCUT2D eigenvalue weighted by Gasteiger charge is 2.36. The summed E-state index contributed by atoms with van der Waals surface area (Å²) < 4.78 is 5.10. The van der Waals surface area contributed by atoms with Crippen LogP contribution in [0.3, 0.4) is 0 Å². The number of carbonyl (C=O) groups excluding carboxylic acids is 3. The molecule has 0 bridgehead atoms. The van der Waals surface area contributed by atoms with Crippen molar-refractivity contribution in [2.24, 2.45) is 0 Å². The number of hydrogen-bond donors (Lipinski definition) is 2. The fourth-order valence-corrected chi connectivity index (χ4v) is 2.49. The molecule has 0 aromatic heterocycles. The first-order chi connectivity index (χ1) is 11.5. The van der Waals surface area contributed by atoms with E-state index < -0.39 is 17.8 Å². The molecule has 1 aliphatic rings. The number of benzene rings is 2. The van der Waals surface area contributed by atoms with E-state index >= 15 is 0 Å². The maximum absolute atomic E-state index is 12.3. The van der Waals surface area contributed by atoms with Gasteiger partial charge in [-0.3, -0.25) is 14.5 Å². The number of ether oxygens (including phenoxy) is 1. The number of anilines is 2. The lowest BCUT2D eigenvalue weighted by Gasteiger charge is -2.13. The van der Waals surface area contributed by atoms with Crippen LogP contribution in [0.4, 0.5) is 11.4 Å². The minimum absolute atomic E-state index is 0.0352. The molecule has 0 unspecified atom stereocenters. The molecule has 3 rings (SSSR count). The number of amides is 2. The van der Waals surface area contributed by atoms with Gasteiger partial charge < -0.3 is 16.2 Å². The van der Waals surface area contributed by atoms with E-state index in [1.165, 1.54) is 0 Å². The van der Waals surface area contributed by atoms with Crippen LogP contribution in [0.25, 0.3) is 0 Å². The fourth-order valence-electron chi connectivity index (χ4n) is 2.49. The number of rotatable bonds is 4. The van der Waals surface area contributed by atoms with Gasteiger partial charge in [-0.25, -0.2) is 4.79 Å². The monoisotopic (exact) mass is 325 g/mol. The van der Waals surface area contributed by atoms with E-state index in [-0.39, 0.29) is 30.0 Å². The van der Waals surface area contributed by atoms with Crippen LogP contribution in [-0.4, -0.2) is 35.8 Å². The maximum atomic E-state index is 12.3. The van der Waals surface area contributed by atoms with Gasteiger partial charge in [0, 0.05) is 11.4 Å². The highest BCUT2D eigenvalue weighted by molar-refractivity contribution is 6.23. The molecular weight excluding hydrogens is 310 g/mol. The summed E-state index contributed by atoms with van der Waals surface area (Å²) in [5, 5.41) is 0. The van der Waals surface area contributed by atoms with Crippen molar-refractivity contribution in [2.45, 2.75) is 0 Å². The molecule has 0 radical (unpaired) electrons. The second-order valence-electron chi connectivity index (χ2n) is 5.29. The van der Waals surface area contributed by atoms with Crippen LogP contribution in [-0.2, 0) is 4.74 Å². The lowest BCUT2D eigenvalue weighted by Crippen LogP contribution is -2.33. The van der Waals surface area contributed by atoms with E-state index in [4.69, 9.17) is 16.2 Å². The summed E-state index contributed by atoms with van der Waals surface area (Å²) in [6.07, 6.45) is 0. The molecule has 0 atom stereocenters. The Bertz CT molecular complexity index is 830. The average molecular weight is 325 g/mol. The number of fused-ring (bicyclic) bond motifs is 1. The molecule has 2 aromatic carbocycles. The van der Waals surface area contributed by atoms with Crippen molar-refractivity contribution in [3.8, 4) is 0 Å². The molecule has 0 fully saturated rings. The molecule has 0 saturated heterocycles. The molecular formula is C17H15N3O4. The van der Waals surface area contributed by atoms with Crippen molar-refractivity contribution in [1.82, 2.24) is 4.90 Å². The third-order valence-corrected chi connectivity index (χ3v) is 3.73. The van der Waals surface area contributed by atoms with Crippen LogP contribution in [0.5, 0.6) is 0 Å². The summed E-state index contributed by atoms with van der Waals surface area (Å²) in [5.41, 5.74) is 12.9. The number of hydrogen-bond acceptors (Lipinski definition) is 6. The smallest absolute Gasteiger partial charge is 0.338 e. The van der Waals surface area contributed by atoms with Crippen molar-refractivity contribution < 1.29 is 19.1 Å². The normalized spacial score (nSPS) is 13.1. The topological polar surface area (TPSA) is 116 Å².